The highest BCUT2D eigenvalue weighted by atomic mass is 32.1. The first kappa shape index (κ1) is 19.8. The molecule has 1 aromatic carbocycles. The van der Waals surface area contributed by atoms with Gasteiger partial charge in [-0.05, 0) is 50.6 Å². The second-order valence-electron chi connectivity index (χ2n) is 7.68. The fourth-order valence-corrected chi connectivity index (χ4v) is 4.55. The number of carbonyl (C=O) groups excluding carboxylic acids is 1. The number of aromatic amines is 1. The van der Waals surface area contributed by atoms with E-state index in [9.17, 15) is 4.79 Å². The smallest absolute Gasteiger partial charge is 0.256 e. The highest BCUT2D eigenvalue weighted by molar-refractivity contribution is 7.15. The van der Waals surface area contributed by atoms with Gasteiger partial charge in [-0.2, -0.15) is 5.10 Å². The minimum Gasteiger partial charge on any atom is -0.373 e. The Morgan fingerprint density at radius 1 is 1.21 bits per heavy atom. The molecular formula is C22H26N4O2S. The lowest BCUT2D eigenvalue weighted by Crippen LogP contribution is -2.44. The zero-order valence-electron chi connectivity index (χ0n) is 16.9. The molecule has 3 aromatic rings. The first-order valence-electron chi connectivity index (χ1n) is 9.86. The van der Waals surface area contributed by atoms with E-state index in [-0.39, 0.29) is 18.1 Å². The quantitative estimate of drug-likeness (QED) is 0.658. The van der Waals surface area contributed by atoms with Gasteiger partial charge in [0.15, 0.2) is 5.82 Å². The van der Waals surface area contributed by atoms with Crippen molar-refractivity contribution in [2.24, 2.45) is 0 Å². The number of amides is 1. The summed E-state index contributed by atoms with van der Waals surface area (Å²) < 4.78 is 5.79. The Morgan fingerprint density at radius 3 is 2.59 bits per heavy atom. The number of nitrogens with zero attached hydrogens (tertiary/aromatic N) is 2. The van der Waals surface area contributed by atoms with Crippen LogP contribution < -0.4 is 5.32 Å². The molecule has 1 fully saturated rings. The maximum Gasteiger partial charge on any atom is 0.256 e. The largest absolute Gasteiger partial charge is 0.373 e. The van der Waals surface area contributed by atoms with Gasteiger partial charge in [-0.3, -0.25) is 14.8 Å². The van der Waals surface area contributed by atoms with Crippen molar-refractivity contribution < 1.29 is 9.53 Å². The standard InChI is InChI=1S/C22H26N4O2S/c1-14-11-26(12-15(2)28-14)13-17-5-7-18(8-6-17)22(27)23-21-10-19(24-25-21)20-9-4-16(3)29-20/h4-10,14-15H,11-13H2,1-3H3,(H2,23,24,25,27). The molecule has 0 aliphatic carbocycles. The third kappa shape index (κ3) is 4.93. The Morgan fingerprint density at radius 2 is 1.93 bits per heavy atom. The highest BCUT2D eigenvalue weighted by Gasteiger charge is 2.22. The Balaban J connectivity index is 1.36. The van der Waals surface area contributed by atoms with Crippen molar-refractivity contribution in [3.63, 3.8) is 0 Å². The van der Waals surface area contributed by atoms with Gasteiger partial charge in [0.1, 0.15) is 0 Å². The van der Waals surface area contributed by atoms with Gasteiger partial charge in [0.2, 0.25) is 0 Å². The molecular weight excluding hydrogens is 384 g/mol. The molecule has 1 amide bonds. The number of ether oxygens (including phenoxy) is 1. The van der Waals surface area contributed by atoms with Crippen LogP contribution in [0.3, 0.4) is 0 Å². The minimum absolute atomic E-state index is 0.162. The molecule has 29 heavy (non-hydrogen) atoms. The Bertz CT molecular complexity index is 969. The van der Waals surface area contributed by atoms with E-state index in [1.807, 2.05) is 36.4 Å². The van der Waals surface area contributed by atoms with Crippen LogP contribution in [0.5, 0.6) is 0 Å². The van der Waals surface area contributed by atoms with Crippen molar-refractivity contribution in [2.75, 3.05) is 18.4 Å². The van der Waals surface area contributed by atoms with Crippen LogP contribution in [0.1, 0.15) is 34.6 Å². The van der Waals surface area contributed by atoms with E-state index < -0.39 is 0 Å². The number of benzene rings is 1. The van der Waals surface area contributed by atoms with Crippen molar-refractivity contribution in [1.29, 1.82) is 0 Å². The summed E-state index contributed by atoms with van der Waals surface area (Å²) in [7, 11) is 0. The van der Waals surface area contributed by atoms with Crippen LogP contribution in [0.25, 0.3) is 10.6 Å². The molecule has 2 aromatic heterocycles. The number of H-pyrrole nitrogens is 1. The second kappa shape index (κ2) is 8.49. The second-order valence-corrected chi connectivity index (χ2v) is 8.97. The van der Waals surface area contributed by atoms with Crippen LogP contribution in [0.4, 0.5) is 5.82 Å². The van der Waals surface area contributed by atoms with Crippen molar-refractivity contribution in [3.8, 4) is 10.6 Å². The zero-order valence-corrected chi connectivity index (χ0v) is 17.8. The van der Waals surface area contributed by atoms with Crippen LogP contribution in [-0.4, -0.2) is 46.3 Å². The summed E-state index contributed by atoms with van der Waals surface area (Å²) in [5.41, 5.74) is 2.72. The van der Waals surface area contributed by atoms with E-state index in [0.29, 0.717) is 11.4 Å². The molecule has 4 rings (SSSR count). The molecule has 7 heteroatoms. The number of thiophene rings is 1. The predicted octanol–water partition coefficient (Wildman–Crippen LogP) is 4.31. The Labute approximate surface area is 174 Å². The lowest BCUT2D eigenvalue weighted by atomic mass is 10.1. The third-order valence-electron chi connectivity index (χ3n) is 4.94. The van der Waals surface area contributed by atoms with E-state index in [1.54, 1.807) is 11.3 Å². The molecule has 152 valence electrons. The minimum atomic E-state index is -0.162. The average Bonchev–Trinajstić information content (AvgIpc) is 3.30. The monoisotopic (exact) mass is 410 g/mol. The molecule has 1 aliphatic rings. The van der Waals surface area contributed by atoms with Gasteiger partial charge in [0, 0.05) is 36.1 Å². The van der Waals surface area contributed by atoms with E-state index in [0.717, 1.165) is 30.2 Å². The molecule has 2 atom stereocenters. The maximum atomic E-state index is 12.6. The van der Waals surface area contributed by atoms with Gasteiger partial charge < -0.3 is 10.1 Å². The number of morpholine rings is 1. The van der Waals surface area contributed by atoms with Gasteiger partial charge in [-0.1, -0.05) is 12.1 Å². The number of rotatable bonds is 5. The van der Waals surface area contributed by atoms with Crippen molar-refractivity contribution in [3.05, 3.63) is 58.5 Å². The summed E-state index contributed by atoms with van der Waals surface area (Å²) in [4.78, 5) is 17.3. The van der Waals surface area contributed by atoms with E-state index in [1.165, 1.54) is 10.4 Å². The number of aryl methyl sites for hydroxylation is 1. The molecule has 2 N–H and O–H groups in total. The summed E-state index contributed by atoms with van der Waals surface area (Å²) in [6.07, 6.45) is 0.501. The van der Waals surface area contributed by atoms with Gasteiger partial charge in [-0.15, -0.1) is 11.3 Å². The fraction of sp³-hybridized carbons (Fsp3) is 0.364. The lowest BCUT2D eigenvalue weighted by molar-refractivity contribution is -0.0704. The number of hydrogen-bond acceptors (Lipinski definition) is 5. The van der Waals surface area contributed by atoms with Crippen molar-refractivity contribution in [1.82, 2.24) is 15.1 Å². The van der Waals surface area contributed by atoms with E-state index in [2.05, 4.69) is 47.3 Å². The van der Waals surface area contributed by atoms with E-state index in [4.69, 9.17) is 4.74 Å². The first-order valence-corrected chi connectivity index (χ1v) is 10.7. The fourth-order valence-electron chi connectivity index (χ4n) is 3.71. The maximum absolute atomic E-state index is 12.6. The molecule has 0 saturated carbocycles. The van der Waals surface area contributed by atoms with Gasteiger partial charge in [0.25, 0.3) is 5.91 Å². The Kier molecular flexibility index (Phi) is 5.80. The number of hydrogen-bond donors (Lipinski definition) is 2. The summed E-state index contributed by atoms with van der Waals surface area (Å²) >= 11 is 1.69. The number of nitrogens with one attached hydrogen (secondary N) is 2. The third-order valence-corrected chi connectivity index (χ3v) is 5.98. The van der Waals surface area contributed by atoms with Gasteiger partial charge in [-0.25, -0.2) is 0 Å². The van der Waals surface area contributed by atoms with Crippen LogP contribution in [0.2, 0.25) is 0 Å². The van der Waals surface area contributed by atoms with Gasteiger partial charge >= 0.3 is 0 Å². The number of aromatic nitrogens is 2. The van der Waals surface area contributed by atoms with Crippen molar-refractivity contribution >= 4 is 23.1 Å². The normalized spacial score (nSPS) is 20.0. The van der Waals surface area contributed by atoms with Crippen LogP contribution in [0, 0.1) is 6.92 Å². The Hall–Kier alpha value is -2.48. The van der Waals surface area contributed by atoms with Crippen LogP contribution in [-0.2, 0) is 11.3 Å². The van der Waals surface area contributed by atoms with Crippen molar-refractivity contribution in [2.45, 2.75) is 39.5 Å². The predicted molar refractivity (Wildman–Crippen MR) is 116 cm³/mol. The number of anilines is 1. The molecule has 0 spiro atoms. The SMILES string of the molecule is Cc1ccc(-c2cc(NC(=O)c3ccc(CN4CC(C)OC(C)C4)cc3)n[nH]2)s1. The molecule has 1 aliphatic heterocycles. The van der Waals surface area contributed by atoms with Crippen LogP contribution in [0.15, 0.2) is 42.5 Å². The van der Waals surface area contributed by atoms with Gasteiger partial charge in [0.05, 0.1) is 22.8 Å². The summed E-state index contributed by atoms with van der Waals surface area (Å²) in [5.74, 6) is 0.363. The van der Waals surface area contributed by atoms with Crippen LogP contribution >= 0.6 is 11.3 Å². The molecule has 1 saturated heterocycles. The van der Waals surface area contributed by atoms with E-state index >= 15 is 0 Å². The number of carbonyl (C=O) groups is 1. The lowest BCUT2D eigenvalue weighted by Gasteiger charge is -2.35. The topological polar surface area (TPSA) is 70.2 Å². The molecule has 6 nitrogen and oxygen atoms in total. The molecule has 3 heterocycles. The summed E-state index contributed by atoms with van der Waals surface area (Å²) in [5, 5.41) is 10.1. The summed E-state index contributed by atoms with van der Waals surface area (Å²) in [6, 6.07) is 13.8. The first-order chi connectivity index (χ1) is 14.0. The molecule has 2 unspecified atom stereocenters. The zero-order chi connectivity index (χ0) is 20.4. The molecule has 0 radical (unpaired) electrons. The average molecular weight is 411 g/mol. The highest BCUT2D eigenvalue weighted by Crippen LogP contribution is 2.27. The summed E-state index contributed by atoms with van der Waals surface area (Å²) in [6.45, 7) is 9.00. The molecule has 0 bridgehead atoms.